The number of carbonyl (C=O) groups excluding carboxylic acids is 1. The molecule has 1 saturated heterocycles. The molecule has 1 aliphatic rings. The van der Waals surface area contributed by atoms with Crippen molar-refractivity contribution in [2.45, 2.75) is 19.4 Å². The monoisotopic (exact) mass is 283 g/mol. The molecule has 2 rings (SSSR count). The van der Waals surface area contributed by atoms with Gasteiger partial charge in [0.2, 0.25) is 5.91 Å². The molecule has 1 aliphatic heterocycles. The molecule has 0 bridgehead atoms. The number of amides is 1. The lowest BCUT2D eigenvalue weighted by Gasteiger charge is -2.17. The van der Waals surface area contributed by atoms with Gasteiger partial charge in [0, 0.05) is 36.7 Å². The summed E-state index contributed by atoms with van der Waals surface area (Å²) in [5.74, 6) is 1.01. The molecular weight excluding hydrogens is 270 g/mol. The molecule has 0 aliphatic carbocycles. The van der Waals surface area contributed by atoms with Gasteiger partial charge in [-0.2, -0.15) is 0 Å². The van der Waals surface area contributed by atoms with Crippen molar-refractivity contribution in [1.29, 1.82) is 0 Å². The zero-order valence-electron chi connectivity index (χ0n) is 9.11. The van der Waals surface area contributed by atoms with E-state index in [9.17, 15) is 4.79 Å². The molecule has 4 nitrogen and oxygen atoms in total. The molecule has 2 heterocycles. The molecule has 86 valence electrons. The average molecular weight is 284 g/mol. The lowest BCUT2D eigenvalue weighted by Crippen LogP contribution is -2.35. The van der Waals surface area contributed by atoms with Crippen molar-refractivity contribution in [2.24, 2.45) is 0 Å². The molecule has 5 heteroatoms. The molecule has 1 atom stereocenters. The maximum atomic E-state index is 10.9. The Kier molecular flexibility index (Phi) is 3.43. The van der Waals surface area contributed by atoms with Crippen molar-refractivity contribution in [3.05, 3.63) is 22.8 Å². The fourth-order valence-electron chi connectivity index (χ4n) is 1.93. The van der Waals surface area contributed by atoms with Crippen molar-refractivity contribution in [3.63, 3.8) is 0 Å². The number of anilines is 1. The topological polar surface area (TPSA) is 45.2 Å². The molecule has 1 amide bonds. The Balaban J connectivity index is 1.98. The summed E-state index contributed by atoms with van der Waals surface area (Å²) < 4.78 is 0.980. The van der Waals surface area contributed by atoms with E-state index in [0.29, 0.717) is 0 Å². The van der Waals surface area contributed by atoms with Gasteiger partial charge < -0.3 is 10.2 Å². The first kappa shape index (κ1) is 11.4. The number of hydrogen-bond donors (Lipinski definition) is 1. The second kappa shape index (κ2) is 4.82. The molecule has 0 radical (unpaired) electrons. The number of halogens is 1. The van der Waals surface area contributed by atoms with Gasteiger partial charge in [-0.25, -0.2) is 4.98 Å². The zero-order chi connectivity index (χ0) is 11.5. The first-order valence-corrected chi connectivity index (χ1v) is 6.08. The Morgan fingerprint density at radius 2 is 2.44 bits per heavy atom. The van der Waals surface area contributed by atoms with E-state index in [4.69, 9.17) is 0 Å². The Hall–Kier alpha value is -1.10. The van der Waals surface area contributed by atoms with Gasteiger partial charge in [-0.15, -0.1) is 0 Å². The van der Waals surface area contributed by atoms with E-state index in [-0.39, 0.29) is 11.9 Å². The van der Waals surface area contributed by atoms with Crippen LogP contribution < -0.4 is 10.2 Å². The van der Waals surface area contributed by atoms with E-state index in [1.165, 1.54) is 0 Å². The molecule has 1 aromatic rings. The van der Waals surface area contributed by atoms with Crippen LogP contribution in [0, 0.1) is 0 Å². The van der Waals surface area contributed by atoms with Crippen LogP contribution in [0.1, 0.15) is 13.3 Å². The molecule has 16 heavy (non-hydrogen) atoms. The molecule has 1 N–H and O–H groups in total. The van der Waals surface area contributed by atoms with Crippen LogP contribution >= 0.6 is 15.9 Å². The van der Waals surface area contributed by atoms with Crippen molar-refractivity contribution >= 4 is 27.7 Å². The molecule has 1 fully saturated rings. The van der Waals surface area contributed by atoms with Crippen molar-refractivity contribution in [3.8, 4) is 0 Å². The summed E-state index contributed by atoms with van der Waals surface area (Å²) in [6, 6.07) is 4.22. The van der Waals surface area contributed by atoms with Crippen LogP contribution in [0.15, 0.2) is 22.8 Å². The fourth-order valence-corrected chi connectivity index (χ4v) is 2.16. The van der Waals surface area contributed by atoms with E-state index in [2.05, 4.69) is 31.1 Å². The first-order chi connectivity index (χ1) is 7.65. The summed E-state index contributed by atoms with van der Waals surface area (Å²) in [7, 11) is 0. The van der Waals surface area contributed by atoms with Crippen LogP contribution in [0.3, 0.4) is 0 Å². The molecule has 0 unspecified atom stereocenters. The number of hydrogen-bond acceptors (Lipinski definition) is 3. The third-order valence-corrected chi connectivity index (χ3v) is 3.10. The minimum atomic E-state index is 0.0376. The van der Waals surface area contributed by atoms with Gasteiger partial charge in [-0.3, -0.25) is 4.79 Å². The summed E-state index contributed by atoms with van der Waals surface area (Å²) in [5.41, 5.74) is 0. The number of aromatic nitrogens is 1. The molecule has 0 aromatic carbocycles. The lowest BCUT2D eigenvalue weighted by atomic mass is 10.3. The first-order valence-electron chi connectivity index (χ1n) is 5.29. The number of nitrogens with one attached hydrogen (secondary N) is 1. The summed E-state index contributed by atoms with van der Waals surface area (Å²) in [5, 5.41) is 2.94. The van der Waals surface area contributed by atoms with Gasteiger partial charge in [-0.1, -0.05) is 0 Å². The van der Waals surface area contributed by atoms with Crippen molar-refractivity contribution in [2.75, 3.05) is 18.0 Å². The Morgan fingerprint density at radius 1 is 1.62 bits per heavy atom. The SMILES string of the molecule is CC(=O)N[C@@H]1CCN(c2ccc(Br)cn2)C1. The van der Waals surface area contributed by atoms with E-state index < -0.39 is 0 Å². The number of carbonyl (C=O) groups is 1. The highest BCUT2D eigenvalue weighted by atomic mass is 79.9. The van der Waals surface area contributed by atoms with Crippen molar-refractivity contribution < 1.29 is 4.79 Å². The summed E-state index contributed by atoms with van der Waals surface area (Å²) in [6.45, 7) is 3.34. The predicted molar refractivity (Wildman–Crippen MR) is 66.4 cm³/mol. The fraction of sp³-hybridized carbons (Fsp3) is 0.455. The summed E-state index contributed by atoms with van der Waals surface area (Å²) in [6.07, 6.45) is 2.78. The van der Waals surface area contributed by atoms with E-state index >= 15 is 0 Å². The second-order valence-corrected chi connectivity index (χ2v) is 4.88. The summed E-state index contributed by atoms with van der Waals surface area (Å²) in [4.78, 5) is 17.5. The maximum Gasteiger partial charge on any atom is 0.217 e. The van der Waals surface area contributed by atoms with Gasteiger partial charge in [0.15, 0.2) is 0 Å². The third kappa shape index (κ3) is 2.72. The third-order valence-electron chi connectivity index (χ3n) is 2.63. The zero-order valence-corrected chi connectivity index (χ0v) is 10.7. The van der Waals surface area contributed by atoms with Gasteiger partial charge >= 0.3 is 0 Å². The van der Waals surface area contributed by atoms with E-state index in [1.54, 1.807) is 13.1 Å². The quantitative estimate of drug-likeness (QED) is 0.896. The highest BCUT2D eigenvalue weighted by Gasteiger charge is 2.23. The van der Waals surface area contributed by atoms with Gasteiger partial charge in [-0.05, 0) is 34.5 Å². The largest absolute Gasteiger partial charge is 0.354 e. The van der Waals surface area contributed by atoms with E-state index in [1.807, 2.05) is 12.1 Å². The molecule has 0 saturated carbocycles. The minimum absolute atomic E-state index is 0.0376. The predicted octanol–water partition coefficient (Wildman–Crippen LogP) is 1.56. The van der Waals surface area contributed by atoms with Gasteiger partial charge in [0.05, 0.1) is 0 Å². The van der Waals surface area contributed by atoms with Gasteiger partial charge in [0.1, 0.15) is 5.82 Å². The minimum Gasteiger partial charge on any atom is -0.354 e. The van der Waals surface area contributed by atoms with Crippen molar-refractivity contribution in [1.82, 2.24) is 10.3 Å². The van der Waals surface area contributed by atoms with Gasteiger partial charge in [0.25, 0.3) is 0 Å². The standard InChI is InChI=1S/C11H14BrN3O/c1-8(16)14-10-4-5-15(7-10)11-3-2-9(12)6-13-11/h2-3,6,10H,4-5,7H2,1H3,(H,14,16)/t10-/m1/s1. The second-order valence-electron chi connectivity index (χ2n) is 3.97. The van der Waals surface area contributed by atoms with E-state index in [0.717, 1.165) is 29.8 Å². The number of pyridine rings is 1. The van der Waals surface area contributed by atoms with Crippen LogP contribution in [0.2, 0.25) is 0 Å². The number of rotatable bonds is 2. The summed E-state index contributed by atoms with van der Waals surface area (Å²) >= 11 is 3.36. The Morgan fingerprint density at radius 3 is 3.06 bits per heavy atom. The van der Waals surface area contributed by atoms with Crippen LogP contribution in [-0.4, -0.2) is 30.0 Å². The smallest absolute Gasteiger partial charge is 0.217 e. The average Bonchev–Trinajstić information content (AvgIpc) is 2.66. The highest BCUT2D eigenvalue weighted by molar-refractivity contribution is 9.10. The van der Waals surface area contributed by atoms with Crippen LogP contribution in [0.25, 0.3) is 0 Å². The lowest BCUT2D eigenvalue weighted by molar-refractivity contribution is -0.119. The molecule has 1 aromatic heterocycles. The molecule has 0 spiro atoms. The molecular formula is C11H14BrN3O. The van der Waals surface area contributed by atoms with Crippen LogP contribution in [0.5, 0.6) is 0 Å². The Bertz CT molecular complexity index is 379. The van der Waals surface area contributed by atoms with Crippen LogP contribution in [-0.2, 0) is 4.79 Å². The van der Waals surface area contributed by atoms with Crippen LogP contribution in [0.4, 0.5) is 5.82 Å². The Labute approximate surface area is 103 Å². The normalized spacial score (nSPS) is 19.9. The maximum absolute atomic E-state index is 10.9. The number of nitrogens with zero attached hydrogens (tertiary/aromatic N) is 2. The highest BCUT2D eigenvalue weighted by Crippen LogP contribution is 2.19.